The summed E-state index contributed by atoms with van der Waals surface area (Å²) in [7, 11) is 0. The van der Waals surface area contributed by atoms with Gasteiger partial charge in [-0.15, -0.1) is 0 Å². The smallest absolute Gasteiger partial charge is 0.225 e. The van der Waals surface area contributed by atoms with Gasteiger partial charge in [0.1, 0.15) is 5.02 Å². The maximum Gasteiger partial charge on any atom is 0.225 e. The first-order chi connectivity index (χ1) is 9.60. The van der Waals surface area contributed by atoms with Gasteiger partial charge < -0.3 is 5.32 Å². The van der Waals surface area contributed by atoms with Gasteiger partial charge in [-0.25, -0.2) is 0 Å². The summed E-state index contributed by atoms with van der Waals surface area (Å²) >= 11 is 12.2. The SMILES string of the molecule is CCCC(=O)Nc1nn(Cc2ccccc2Cl)cc1Cl. The molecular formula is C14H15Cl2N3O. The Balaban J connectivity index is 2.11. The molecule has 2 rings (SSSR count). The number of hydrogen-bond acceptors (Lipinski definition) is 2. The summed E-state index contributed by atoms with van der Waals surface area (Å²) < 4.78 is 1.66. The number of benzene rings is 1. The molecule has 0 unspecified atom stereocenters. The van der Waals surface area contributed by atoms with Gasteiger partial charge in [0.05, 0.1) is 6.54 Å². The summed E-state index contributed by atoms with van der Waals surface area (Å²) in [5.74, 6) is 0.301. The lowest BCUT2D eigenvalue weighted by atomic mass is 10.2. The summed E-state index contributed by atoms with van der Waals surface area (Å²) in [5, 5.41) is 8.05. The topological polar surface area (TPSA) is 46.9 Å². The highest BCUT2D eigenvalue weighted by atomic mass is 35.5. The largest absolute Gasteiger partial charge is 0.308 e. The number of halogens is 2. The number of hydrogen-bond donors (Lipinski definition) is 1. The van der Waals surface area contributed by atoms with Crippen molar-refractivity contribution in [3.63, 3.8) is 0 Å². The molecule has 0 aliphatic carbocycles. The Morgan fingerprint density at radius 3 is 2.75 bits per heavy atom. The number of carbonyl (C=O) groups is 1. The Bertz CT molecular complexity index is 610. The fourth-order valence-corrected chi connectivity index (χ4v) is 2.18. The molecule has 0 atom stereocenters. The Labute approximate surface area is 127 Å². The van der Waals surface area contributed by atoms with Crippen LogP contribution in [0.3, 0.4) is 0 Å². The number of anilines is 1. The van der Waals surface area contributed by atoms with Crippen LogP contribution in [0, 0.1) is 0 Å². The van der Waals surface area contributed by atoms with Crippen molar-refractivity contribution in [1.82, 2.24) is 9.78 Å². The van der Waals surface area contributed by atoms with Crippen molar-refractivity contribution in [3.05, 3.63) is 46.1 Å². The van der Waals surface area contributed by atoms with E-state index < -0.39 is 0 Å². The molecule has 1 heterocycles. The van der Waals surface area contributed by atoms with Crippen molar-refractivity contribution in [2.75, 3.05) is 5.32 Å². The second-order valence-electron chi connectivity index (χ2n) is 4.41. The number of amides is 1. The number of nitrogens with one attached hydrogen (secondary N) is 1. The van der Waals surface area contributed by atoms with Crippen LogP contribution in [0.25, 0.3) is 0 Å². The Morgan fingerprint density at radius 1 is 1.30 bits per heavy atom. The summed E-state index contributed by atoms with van der Waals surface area (Å²) in [6.07, 6.45) is 2.91. The van der Waals surface area contributed by atoms with Crippen LogP contribution in [-0.2, 0) is 11.3 Å². The second kappa shape index (κ2) is 6.77. The van der Waals surface area contributed by atoms with Gasteiger partial charge in [0.2, 0.25) is 5.91 Å². The van der Waals surface area contributed by atoms with E-state index in [4.69, 9.17) is 23.2 Å². The molecule has 6 heteroatoms. The zero-order valence-corrected chi connectivity index (χ0v) is 12.6. The molecule has 1 N–H and O–H groups in total. The van der Waals surface area contributed by atoms with E-state index in [1.54, 1.807) is 10.9 Å². The molecule has 4 nitrogen and oxygen atoms in total. The van der Waals surface area contributed by atoms with Crippen LogP contribution < -0.4 is 5.32 Å². The van der Waals surface area contributed by atoms with Crippen LogP contribution in [0.2, 0.25) is 10.0 Å². The molecule has 0 saturated heterocycles. The second-order valence-corrected chi connectivity index (χ2v) is 5.23. The van der Waals surface area contributed by atoms with Gasteiger partial charge in [0.15, 0.2) is 5.82 Å². The molecule has 0 aliphatic rings. The summed E-state index contributed by atoms with van der Waals surface area (Å²) in [4.78, 5) is 11.5. The standard InChI is InChI=1S/C14H15Cl2N3O/c1-2-5-13(20)17-14-12(16)9-19(18-14)8-10-6-3-4-7-11(10)15/h3-4,6-7,9H,2,5,8H2,1H3,(H,17,18,20). The third kappa shape index (κ3) is 3.74. The third-order valence-electron chi connectivity index (χ3n) is 2.74. The average Bonchev–Trinajstić information content (AvgIpc) is 2.73. The predicted molar refractivity (Wildman–Crippen MR) is 81.3 cm³/mol. The maximum atomic E-state index is 11.5. The Morgan fingerprint density at radius 2 is 2.05 bits per heavy atom. The predicted octanol–water partition coefficient (Wildman–Crippen LogP) is 3.98. The summed E-state index contributed by atoms with van der Waals surface area (Å²) in [6, 6.07) is 7.54. The van der Waals surface area contributed by atoms with E-state index in [2.05, 4.69) is 10.4 Å². The van der Waals surface area contributed by atoms with Crippen molar-refractivity contribution in [3.8, 4) is 0 Å². The lowest BCUT2D eigenvalue weighted by molar-refractivity contribution is -0.116. The monoisotopic (exact) mass is 311 g/mol. The molecule has 1 aromatic carbocycles. The molecule has 106 valence electrons. The normalized spacial score (nSPS) is 10.6. The highest BCUT2D eigenvalue weighted by molar-refractivity contribution is 6.33. The maximum absolute atomic E-state index is 11.5. The van der Waals surface area contributed by atoms with Crippen LogP contribution in [0.1, 0.15) is 25.3 Å². The third-order valence-corrected chi connectivity index (χ3v) is 3.39. The highest BCUT2D eigenvalue weighted by Gasteiger charge is 2.11. The summed E-state index contributed by atoms with van der Waals surface area (Å²) in [6.45, 7) is 2.44. The number of rotatable bonds is 5. The minimum absolute atomic E-state index is 0.0857. The van der Waals surface area contributed by atoms with E-state index in [-0.39, 0.29) is 5.91 Å². The van der Waals surface area contributed by atoms with Gasteiger partial charge in [0.25, 0.3) is 0 Å². The van der Waals surface area contributed by atoms with Crippen molar-refractivity contribution in [2.24, 2.45) is 0 Å². The fraction of sp³-hybridized carbons (Fsp3) is 0.286. The summed E-state index contributed by atoms with van der Waals surface area (Å²) in [5.41, 5.74) is 0.944. The Hall–Kier alpha value is -1.52. The molecular weight excluding hydrogens is 297 g/mol. The molecule has 0 saturated carbocycles. The van der Waals surface area contributed by atoms with Crippen LogP contribution in [0.4, 0.5) is 5.82 Å². The quantitative estimate of drug-likeness (QED) is 0.908. The van der Waals surface area contributed by atoms with E-state index in [1.807, 2.05) is 31.2 Å². The molecule has 0 bridgehead atoms. The zero-order chi connectivity index (χ0) is 14.5. The molecule has 2 aromatic rings. The van der Waals surface area contributed by atoms with E-state index in [1.165, 1.54) is 0 Å². The van der Waals surface area contributed by atoms with Crippen molar-refractivity contribution in [1.29, 1.82) is 0 Å². The number of carbonyl (C=O) groups excluding carboxylic acids is 1. The van der Waals surface area contributed by atoms with E-state index >= 15 is 0 Å². The van der Waals surface area contributed by atoms with Gasteiger partial charge in [-0.05, 0) is 18.1 Å². The molecule has 0 spiro atoms. The van der Waals surface area contributed by atoms with Gasteiger partial charge >= 0.3 is 0 Å². The van der Waals surface area contributed by atoms with Crippen LogP contribution >= 0.6 is 23.2 Å². The van der Waals surface area contributed by atoms with E-state index in [0.717, 1.165) is 12.0 Å². The first-order valence-electron chi connectivity index (χ1n) is 6.36. The molecule has 20 heavy (non-hydrogen) atoms. The van der Waals surface area contributed by atoms with Crippen molar-refractivity contribution < 1.29 is 4.79 Å². The molecule has 1 aromatic heterocycles. The molecule has 0 aliphatic heterocycles. The van der Waals surface area contributed by atoms with Crippen LogP contribution in [0.5, 0.6) is 0 Å². The number of aromatic nitrogens is 2. The molecule has 0 radical (unpaired) electrons. The minimum atomic E-state index is -0.0857. The lowest BCUT2D eigenvalue weighted by Gasteiger charge is -2.04. The molecule has 1 amide bonds. The zero-order valence-electron chi connectivity index (χ0n) is 11.1. The van der Waals surface area contributed by atoms with E-state index in [0.29, 0.717) is 28.8 Å². The highest BCUT2D eigenvalue weighted by Crippen LogP contribution is 2.22. The van der Waals surface area contributed by atoms with E-state index in [9.17, 15) is 4.79 Å². The van der Waals surface area contributed by atoms with Crippen molar-refractivity contribution in [2.45, 2.75) is 26.3 Å². The first-order valence-corrected chi connectivity index (χ1v) is 7.12. The minimum Gasteiger partial charge on any atom is -0.308 e. The van der Waals surface area contributed by atoms with Gasteiger partial charge in [-0.1, -0.05) is 48.3 Å². The number of nitrogens with zero attached hydrogens (tertiary/aromatic N) is 2. The van der Waals surface area contributed by atoms with Gasteiger partial charge in [-0.2, -0.15) is 5.10 Å². The van der Waals surface area contributed by atoms with Crippen LogP contribution in [0.15, 0.2) is 30.5 Å². The van der Waals surface area contributed by atoms with Crippen molar-refractivity contribution >= 4 is 34.9 Å². The van der Waals surface area contributed by atoms with Gasteiger partial charge in [0, 0.05) is 17.6 Å². The fourth-order valence-electron chi connectivity index (χ4n) is 1.79. The Kier molecular flexibility index (Phi) is 5.04. The van der Waals surface area contributed by atoms with Gasteiger partial charge in [-0.3, -0.25) is 9.48 Å². The average molecular weight is 312 g/mol. The first kappa shape index (κ1) is 14.9. The van der Waals surface area contributed by atoms with Crippen LogP contribution in [-0.4, -0.2) is 15.7 Å². The molecule has 0 fully saturated rings. The lowest BCUT2D eigenvalue weighted by Crippen LogP contribution is -2.12.